The SMILES string of the molecule is COc1ccc([C@@H]2CCCN2C(=O)CN2C(=O)N[C@](C)(c3ccc4ccccc4c3)C2=O)c(OC)c1. The highest BCUT2D eigenvalue weighted by Gasteiger charge is 2.50. The van der Waals surface area contributed by atoms with Gasteiger partial charge in [-0.15, -0.1) is 0 Å². The van der Waals surface area contributed by atoms with Crippen molar-refractivity contribution < 1.29 is 23.9 Å². The molecule has 2 fully saturated rings. The predicted molar refractivity (Wildman–Crippen MR) is 135 cm³/mol. The number of fused-ring (bicyclic) bond motifs is 1. The molecule has 2 aliphatic rings. The Kier molecular flexibility index (Phi) is 6.04. The highest BCUT2D eigenvalue weighted by molar-refractivity contribution is 6.09. The summed E-state index contributed by atoms with van der Waals surface area (Å²) in [4.78, 5) is 42.6. The number of nitrogens with zero attached hydrogens (tertiary/aromatic N) is 2. The molecule has 0 radical (unpaired) electrons. The first-order chi connectivity index (χ1) is 17.4. The lowest BCUT2D eigenvalue weighted by Crippen LogP contribution is -2.44. The van der Waals surface area contributed by atoms with Gasteiger partial charge in [0.2, 0.25) is 5.91 Å². The smallest absolute Gasteiger partial charge is 0.325 e. The molecule has 2 heterocycles. The van der Waals surface area contributed by atoms with Gasteiger partial charge >= 0.3 is 6.03 Å². The van der Waals surface area contributed by atoms with Crippen molar-refractivity contribution in [3.05, 3.63) is 71.8 Å². The Bertz CT molecular complexity index is 1360. The van der Waals surface area contributed by atoms with Crippen LogP contribution in [0.25, 0.3) is 10.8 Å². The molecule has 2 aliphatic heterocycles. The van der Waals surface area contributed by atoms with Gasteiger partial charge in [-0.25, -0.2) is 4.79 Å². The molecular formula is C28H29N3O5. The summed E-state index contributed by atoms with van der Waals surface area (Å²) in [5, 5.41) is 4.83. The fourth-order valence-electron chi connectivity index (χ4n) is 5.24. The second-order valence-corrected chi connectivity index (χ2v) is 9.36. The Morgan fingerprint density at radius 1 is 1.03 bits per heavy atom. The van der Waals surface area contributed by atoms with Crippen LogP contribution in [0, 0.1) is 0 Å². The highest BCUT2D eigenvalue weighted by Crippen LogP contribution is 2.39. The number of amides is 4. The molecule has 0 saturated carbocycles. The molecule has 0 bridgehead atoms. The summed E-state index contributed by atoms with van der Waals surface area (Å²) >= 11 is 0. The average molecular weight is 488 g/mol. The van der Waals surface area contributed by atoms with Crippen molar-refractivity contribution in [1.29, 1.82) is 0 Å². The van der Waals surface area contributed by atoms with Crippen LogP contribution in [0.2, 0.25) is 0 Å². The molecule has 36 heavy (non-hydrogen) atoms. The zero-order valence-corrected chi connectivity index (χ0v) is 20.6. The Labute approximate surface area is 209 Å². The number of nitrogens with one attached hydrogen (secondary N) is 1. The second-order valence-electron chi connectivity index (χ2n) is 9.36. The lowest BCUT2D eigenvalue weighted by atomic mass is 9.90. The third-order valence-electron chi connectivity index (χ3n) is 7.27. The third kappa shape index (κ3) is 3.92. The van der Waals surface area contributed by atoms with Gasteiger partial charge in [0.15, 0.2) is 0 Å². The first kappa shape index (κ1) is 23.7. The predicted octanol–water partition coefficient (Wildman–Crippen LogP) is 3.99. The van der Waals surface area contributed by atoms with Crippen molar-refractivity contribution in [3.63, 3.8) is 0 Å². The van der Waals surface area contributed by atoms with E-state index in [4.69, 9.17) is 9.47 Å². The average Bonchev–Trinajstić information content (AvgIpc) is 3.47. The molecule has 186 valence electrons. The van der Waals surface area contributed by atoms with Gasteiger partial charge in [-0.1, -0.05) is 36.4 Å². The van der Waals surface area contributed by atoms with E-state index >= 15 is 0 Å². The number of hydrogen-bond acceptors (Lipinski definition) is 5. The Morgan fingerprint density at radius 3 is 2.56 bits per heavy atom. The van der Waals surface area contributed by atoms with Gasteiger partial charge in [0.1, 0.15) is 23.6 Å². The molecule has 2 saturated heterocycles. The first-order valence-corrected chi connectivity index (χ1v) is 12.0. The minimum absolute atomic E-state index is 0.203. The van der Waals surface area contributed by atoms with Crippen molar-refractivity contribution in [2.75, 3.05) is 27.3 Å². The number of benzene rings is 3. The Morgan fingerprint density at radius 2 is 1.81 bits per heavy atom. The van der Waals surface area contributed by atoms with Gasteiger partial charge in [-0.2, -0.15) is 0 Å². The lowest BCUT2D eigenvalue weighted by molar-refractivity contribution is -0.139. The van der Waals surface area contributed by atoms with Gasteiger partial charge < -0.3 is 19.7 Å². The molecular weight excluding hydrogens is 458 g/mol. The zero-order chi connectivity index (χ0) is 25.4. The van der Waals surface area contributed by atoms with Crippen molar-refractivity contribution in [2.45, 2.75) is 31.3 Å². The van der Waals surface area contributed by atoms with Gasteiger partial charge in [0, 0.05) is 18.2 Å². The maximum absolute atomic E-state index is 13.5. The summed E-state index contributed by atoms with van der Waals surface area (Å²) in [6.45, 7) is 1.91. The Hall–Kier alpha value is -4.07. The molecule has 8 nitrogen and oxygen atoms in total. The number of rotatable bonds is 6. The molecule has 3 aromatic rings. The van der Waals surface area contributed by atoms with Crippen LogP contribution < -0.4 is 14.8 Å². The van der Waals surface area contributed by atoms with Crippen molar-refractivity contribution in [3.8, 4) is 11.5 Å². The minimum atomic E-state index is -1.25. The lowest BCUT2D eigenvalue weighted by Gasteiger charge is -2.28. The van der Waals surface area contributed by atoms with Crippen molar-refractivity contribution in [1.82, 2.24) is 15.1 Å². The van der Waals surface area contributed by atoms with E-state index in [9.17, 15) is 14.4 Å². The third-order valence-corrected chi connectivity index (χ3v) is 7.27. The van der Waals surface area contributed by atoms with Crippen molar-refractivity contribution in [2.24, 2.45) is 0 Å². The van der Waals surface area contributed by atoms with Gasteiger partial charge in [-0.3, -0.25) is 14.5 Å². The minimum Gasteiger partial charge on any atom is -0.497 e. The number of imide groups is 1. The zero-order valence-electron chi connectivity index (χ0n) is 20.6. The molecule has 8 heteroatoms. The van der Waals surface area contributed by atoms with E-state index in [0.29, 0.717) is 23.6 Å². The number of urea groups is 1. The van der Waals surface area contributed by atoms with E-state index in [2.05, 4.69) is 5.32 Å². The van der Waals surface area contributed by atoms with E-state index < -0.39 is 17.5 Å². The van der Waals surface area contributed by atoms with Crippen LogP contribution in [0.1, 0.15) is 36.9 Å². The number of likely N-dealkylation sites (tertiary alicyclic amines) is 1. The summed E-state index contributed by atoms with van der Waals surface area (Å²) in [6.07, 6.45) is 1.59. The number of methoxy groups -OCH3 is 2. The summed E-state index contributed by atoms with van der Waals surface area (Å²) < 4.78 is 10.8. The molecule has 0 unspecified atom stereocenters. The Balaban J connectivity index is 1.37. The van der Waals surface area contributed by atoms with E-state index in [1.807, 2.05) is 54.6 Å². The monoisotopic (exact) mass is 487 g/mol. The van der Waals surface area contributed by atoms with Crippen LogP contribution in [-0.4, -0.2) is 55.0 Å². The van der Waals surface area contributed by atoms with E-state index in [1.54, 1.807) is 32.1 Å². The highest BCUT2D eigenvalue weighted by atomic mass is 16.5. The first-order valence-electron chi connectivity index (χ1n) is 12.0. The number of carbonyl (C=O) groups excluding carboxylic acids is 3. The van der Waals surface area contributed by atoms with Gasteiger partial charge in [0.25, 0.3) is 5.91 Å². The van der Waals surface area contributed by atoms with Gasteiger partial charge in [-0.05, 0) is 54.3 Å². The van der Waals surface area contributed by atoms with E-state index in [0.717, 1.165) is 34.1 Å². The van der Waals surface area contributed by atoms with Crippen LogP contribution in [0.15, 0.2) is 60.7 Å². The summed E-state index contributed by atoms with van der Waals surface area (Å²) in [5.41, 5.74) is 0.309. The molecule has 0 aliphatic carbocycles. The molecule has 2 atom stereocenters. The largest absolute Gasteiger partial charge is 0.497 e. The fourth-order valence-corrected chi connectivity index (χ4v) is 5.24. The fraction of sp³-hybridized carbons (Fsp3) is 0.321. The topological polar surface area (TPSA) is 88.2 Å². The molecule has 3 aromatic carbocycles. The second kappa shape index (κ2) is 9.18. The molecule has 0 spiro atoms. The number of hydrogen-bond donors (Lipinski definition) is 1. The maximum atomic E-state index is 13.5. The summed E-state index contributed by atoms with van der Waals surface area (Å²) in [5.74, 6) is 0.590. The number of ether oxygens (including phenoxy) is 2. The van der Waals surface area contributed by atoms with Crippen molar-refractivity contribution >= 4 is 28.6 Å². The normalized spacial score (nSPS) is 21.7. The molecule has 1 N–H and O–H groups in total. The van der Waals surface area contributed by atoms with Crippen LogP contribution in [0.3, 0.4) is 0 Å². The molecule has 0 aromatic heterocycles. The van der Waals surface area contributed by atoms with Crippen LogP contribution in [0.5, 0.6) is 11.5 Å². The maximum Gasteiger partial charge on any atom is 0.325 e. The van der Waals surface area contributed by atoms with Crippen LogP contribution >= 0.6 is 0 Å². The molecule has 5 rings (SSSR count). The van der Waals surface area contributed by atoms with Gasteiger partial charge in [0.05, 0.1) is 20.3 Å². The quantitative estimate of drug-likeness (QED) is 0.532. The van der Waals surface area contributed by atoms with E-state index in [1.165, 1.54) is 0 Å². The van der Waals surface area contributed by atoms with Crippen LogP contribution in [-0.2, 0) is 15.1 Å². The standard InChI is InChI=1S/C28H29N3O5/c1-28(20-11-10-18-7-4-5-8-19(18)15-20)26(33)31(27(34)29-28)17-25(32)30-14-6-9-23(30)22-13-12-21(35-2)16-24(22)36-3/h4-5,7-8,10-13,15-16,23H,6,9,14,17H2,1-3H3,(H,29,34)/t23-,28+/m0/s1. The number of carbonyl (C=O) groups is 3. The molecule has 4 amide bonds. The van der Waals surface area contributed by atoms with E-state index in [-0.39, 0.29) is 18.5 Å². The van der Waals surface area contributed by atoms with Crippen LogP contribution in [0.4, 0.5) is 4.79 Å². The summed E-state index contributed by atoms with van der Waals surface area (Å²) in [6, 6.07) is 18.3. The summed E-state index contributed by atoms with van der Waals surface area (Å²) in [7, 11) is 3.17.